The molecule has 0 amide bonds. The van der Waals surface area contributed by atoms with Gasteiger partial charge in [-0.2, -0.15) is 13.2 Å². The highest BCUT2D eigenvalue weighted by molar-refractivity contribution is 8.00. The average molecular weight is 253 g/mol. The van der Waals surface area contributed by atoms with Crippen LogP contribution in [0.1, 0.15) is 6.42 Å². The van der Waals surface area contributed by atoms with E-state index >= 15 is 0 Å². The first-order chi connectivity index (χ1) is 7.43. The molecule has 6 heteroatoms. The van der Waals surface area contributed by atoms with Crippen molar-refractivity contribution in [3.8, 4) is 0 Å². The van der Waals surface area contributed by atoms with E-state index in [2.05, 4.69) is 0 Å². The van der Waals surface area contributed by atoms with Crippen molar-refractivity contribution in [1.29, 1.82) is 0 Å². The maximum Gasteiger partial charge on any atom is 0.400 e. The second-order valence-corrected chi connectivity index (χ2v) is 4.46. The van der Waals surface area contributed by atoms with Gasteiger partial charge in [-0.15, -0.1) is 11.8 Å². The van der Waals surface area contributed by atoms with Crippen LogP contribution in [0.2, 0.25) is 0 Å². The smallest absolute Gasteiger partial charge is 0.330 e. The second-order valence-electron chi connectivity index (χ2n) is 3.18. The monoisotopic (exact) mass is 253 g/mol. The molecule has 0 bridgehead atoms. The minimum absolute atomic E-state index is 0.0294. The largest absolute Gasteiger partial charge is 0.400 e. The normalized spacial score (nSPS) is 13.8. The van der Waals surface area contributed by atoms with Crippen LogP contribution in [0.3, 0.4) is 0 Å². The van der Waals surface area contributed by atoms with Gasteiger partial charge in [0.1, 0.15) is 11.1 Å². The number of benzene rings is 1. The van der Waals surface area contributed by atoms with Crippen molar-refractivity contribution in [3.05, 3.63) is 30.1 Å². The van der Waals surface area contributed by atoms with Gasteiger partial charge < -0.3 is 5.73 Å². The summed E-state index contributed by atoms with van der Waals surface area (Å²) in [6.07, 6.45) is -4.44. The molecule has 1 aromatic rings. The molecule has 0 aromatic heterocycles. The Kier molecular flexibility index (Phi) is 4.61. The first-order valence-electron chi connectivity index (χ1n) is 4.62. The van der Waals surface area contributed by atoms with Gasteiger partial charge in [-0.05, 0) is 37.2 Å². The Morgan fingerprint density at radius 3 is 2.19 bits per heavy atom. The van der Waals surface area contributed by atoms with E-state index in [-0.39, 0.29) is 13.0 Å². The molecule has 0 radical (unpaired) electrons. The van der Waals surface area contributed by atoms with E-state index in [1.54, 1.807) is 0 Å². The Bertz CT molecular complexity index is 323. The molecular weight excluding hydrogens is 242 g/mol. The van der Waals surface area contributed by atoms with Crippen LogP contribution in [0.5, 0.6) is 0 Å². The van der Waals surface area contributed by atoms with Crippen LogP contribution < -0.4 is 5.73 Å². The standard InChI is InChI=1S/C10H11F4NS/c11-7-1-3-8(4-2-7)16-9(5-6-15)10(12,13)14/h1-4,9H,5-6,15H2. The molecule has 90 valence electrons. The zero-order valence-corrected chi connectivity index (χ0v) is 9.11. The van der Waals surface area contributed by atoms with Crippen molar-refractivity contribution in [1.82, 2.24) is 0 Å². The molecule has 0 spiro atoms. The molecule has 2 N–H and O–H groups in total. The van der Waals surface area contributed by atoms with Gasteiger partial charge in [0, 0.05) is 4.90 Å². The lowest BCUT2D eigenvalue weighted by Gasteiger charge is -2.18. The maximum absolute atomic E-state index is 12.6. The lowest BCUT2D eigenvalue weighted by Crippen LogP contribution is -2.28. The third-order valence-corrected chi connectivity index (χ3v) is 3.22. The molecule has 0 fully saturated rings. The summed E-state index contributed by atoms with van der Waals surface area (Å²) < 4.78 is 50.1. The van der Waals surface area contributed by atoms with Gasteiger partial charge in [-0.25, -0.2) is 4.39 Å². The van der Waals surface area contributed by atoms with E-state index < -0.39 is 17.2 Å². The van der Waals surface area contributed by atoms with Crippen molar-refractivity contribution < 1.29 is 17.6 Å². The minimum Gasteiger partial charge on any atom is -0.330 e. The molecule has 1 aromatic carbocycles. The summed E-state index contributed by atoms with van der Waals surface area (Å²) in [6, 6.07) is 4.93. The Morgan fingerprint density at radius 1 is 1.19 bits per heavy atom. The molecule has 0 saturated carbocycles. The summed E-state index contributed by atoms with van der Waals surface area (Å²) in [7, 11) is 0. The number of alkyl halides is 3. The Morgan fingerprint density at radius 2 is 1.75 bits per heavy atom. The van der Waals surface area contributed by atoms with E-state index in [1.807, 2.05) is 0 Å². The van der Waals surface area contributed by atoms with Gasteiger partial charge in [0.15, 0.2) is 0 Å². The summed E-state index contributed by atoms with van der Waals surface area (Å²) in [5.74, 6) is -0.466. The van der Waals surface area contributed by atoms with Crippen LogP contribution in [0.25, 0.3) is 0 Å². The van der Waals surface area contributed by atoms with Crippen molar-refractivity contribution in [2.45, 2.75) is 22.7 Å². The number of halogens is 4. The highest BCUT2D eigenvalue weighted by Gasteiger charge is 2.39. The highest BCUT2D eigenvalue weighted by Crippen LogP contribution is 2.36. The quantitative estimate of drug-likeness (QED) is 0.658. The molecule has 16 heavy (non-hydrogen) atoms. The van der Waals surface area contributed by atoms with Crippen LogP contribution in [0.15, 0.2) is 29.2 Å². The number of hydrogen-bond acceptors (Lipinski definition) is 2. The molecule has 0 aliphatic rings. The molecule has 1 unspecified atom stereocenters. The van der Waals surface area contributed by atoms with Crippen LogP contribution in [0.4, 0.5) is 17.6 Å². The summed E-state index contributed by atoms with van der Waals surface area (Å²) >= 11 is 0.657. The van der Waals surface area contributed by atoms with Gasteiger partial charge >= 0.3 is 6.18 Å². The number of rotatable bonds is 4. The second kappa shape index (κ2) is 5.54. The van der Waals surface area contributed by atoms with E-state index in [4.69, 9.17) is 5.73 Å². The Hall–Kier alpha value is -0.750. The van der Waals surface area contributed by atoms with E-state index in [1.165, 1.54) is 12.1 Å². The van der Waals surface area contributed by atoms with Crippen molar-refractivity contribution in [2.75, 3.05) is 6.54 Å². The van der Waals surface area contributed by atoms with Crippen LogP contribution in [-0.4, -0.2) is 18.0 Å². The number of nitrogens with two attached hydrogens (primary N) is 1. The zero-order chi connectivity index (χ0) is 12.2. The fourth-order valence-corrected chi connectivity index (χ4v) is 2.13. The Labute approximate surface area is 95.0 Å². The summed E-state index contributed by atoms with van der Waals surface area (Å²) in [5, 5.41) is -1.54. The summed E-state index contributed by atoms with van der Waals surface area (Å²) in [4.78, 5) is 0.386. The van der Waals surface area contributed by atoms with Crippen molar-refractivity contribution in [2.24, 2.45) is 5.73 Å². The van der Waals surface area contributed by atoms with Crippen LogP contribution in [-0.2, 0) is 0 Å². The summed E-state index contributed by atoms with van der Waals surface area (Å²) in [6.45, 7) is -0.0294. The predicted molar refractivity (Wildman–Crippen MR) is 55.8 cm³/mol. The maximum atomic E-state index is 12.6. The number of hydrogen-bond donors (Lipinski definition) is 1. The molecule has 1 rings (SSSR count). The molecule has 1 nitrogen and oxygen atoms in total. The van der Waals surface area contributed by atoms with E-state index in [9.17, 15) is 17.6 Å². The van der Waals surface area contributed by atoms with E-state index in [0.29, 0.717) is 16.7 Å². The third kappa shape index (κ3) is 4.02. The van der Waals surface area contributed by atoms with Gasteiger partial charge in [0.05, 0.1) is 0 Å². The number of thioether (sulfide) groups is 1. The van der Waals surface area contributed by atoms with Crippen LogP contribution >= 0.6 is 11.8 Å². The van der Waals surface area contributed by atoms with Gasteiger partial charge in [0.25, 0.3) is 0 Å². The lowest BCUT2D eigenvalue weighted by atomic mass is 10.3. The Balaban J connectivity index is 2.72. The van der Waals surface area contributed by atoms with Gasteiger partial charge in [-0.1, -0.05) is 0 Å². The first kappa shape index (κ1) is 13.3. The molecular formula is C10H11F4NS. The minimum atomic E-state index is -4.29. The average Bonchev–Trinajstić information content (AvgIpc) is 2.19. The summed E-state index contributed by atoms with van der Waals surface area (Å²) in [5.41, 5.74) is 5.13. The molecule has 0 aliphatic heterocycles. The molecule has 0 heterocycles. The SMILES string of the molecule is NCCC(Sc1ccc(F)cc1)C(F)(F)F. The predicted octanol–water partition coefficient (Wildman–Crippen LogP) is 3.20. The van der Waals surface area contributed by atoms with Crippen LogP contribution in [0, 0.1) is 5.82 Å². The lowest BCUT2D eigenvalue weighted by molar-refractivity contribution is -0.129. The van der Waals surface area contributed by atoms with E-state index in [0.717, 1.165) is 12.1 Å². The first-order valence-corrected chi connectivity index (χ1v) is 5.50. The third-order valence-electron chi connectivity index (χ3n) is 1.89. The zero-order valence-electron chi connectivity index (χ0n) is 8.30. The molecule has 0 saturated heterocycles. The highest BCUT2D eigenvalue weighted by atomic mass is 32.2. The van der Waals surface area contributed by atoms with Crippen molar-refractivity contribution >= 4 is 11.8 Å². The fourth-order valence-electron chi connectivity index (χ4n) is 1.12. The van der Waals surface area contributed by atoms with Gasteiger partial charge in [-0.3, -0.25) is 0 Å². The molecule has 1 atom stereocenters. The fraction of sp³-hybridized carbons (Fsp3) is 0.400. The molecule has 0 aliphatic carbocycles. The van der Waals surface area contributed by atoms with Crippen molar-refractivity contribution in [3.63, 3.8) is 0 Å². The van der Waals surface area contributed by atoms with Gasteiger partial charge in [0.2, 0.25) is 0 Å². The topological polar surface area (TPSA) is 26.0 Å².